The number of quaternary nitrogens is 1. The standard InChI is InChI=1S/C19H25ClN5/c20-17-8-5-9-18-16(17)10-12-25(18,13-11-19-21-23-24-22-19)14-15-6-3-1-2-4-7-15/h5,8-10,12,15H,1-4,6-7,11,13-14H2,(H,21,22,23,24)/q+1. The lowest BCUT2D eigenvalue weighted by molar-refractivity contribution is 0.290. The van der Waals surface area contributed by atoms with E-state index in [1.54, 1.807) is 0 Å². The molecule has 0 saturated heterocycles. The van der Waals surface area contributed by atoms with Crippen LogP contribution in [0, 0.1) is 5.92 Å². The number of H-pyrrole nitrogens is 1. The molecule has 1 aliphatic heterocycles. The Bertz CT molecular complexity index is 734. The number of aromatic nitrogens is 4. The molecule has 1 fully saturated rings. The second kappa shape index (κ2) is 7.26. The molecular weight excluding hydrogens is 334 g/mol. The molecule has 2 aliphatic rings. The van der Waals surface area contributed by atoms with E-state index in [1.807, 2.05) is 6.07 Å². The number of nitrogens with one attached hydrogen (secondary N) is 1. The van der Waals surface area contributed by atoms with Gasteiger partial charge in [-0.25, -0.2) is 0 Å². The lowest BCUT2D eigenvalue weighted by Gasteiger charge is -2.35. The van der Waals surface area contributed by atoms with Crippen molar-refractivity contribution in [2.45, 2.75) is 44.9 Å². The van der Waals surface area contributed by atoms with Crippen LogP contribution in [-0.2, 0) is 6.42 Å². The Hall–Kier alpha value is -1.72. The zero-order chi connectivity index (χ0) is 17.1. The van der Waals surface area contributed by atoms with Gasteiger partial charge < -0.3 is 0 Å². The van der Waals surface area contributed by atoms with Gasteiger partial charge in [0.25, 0.3) is 0 Å². The zero-order valence-corrected chi connectivity index (χ0v) is 15.3. The lowest BCUT2D eigenvalue weighted by atomic mass is 9.98. The summed E-state index contributed by atoms with van der Waals surface area (Å²) in [4.78, 5) is 0. The average Bonchev–Trinajstić information content (AvgIpc) is 3.18. The van der Waals surface area contributed by atoms with Crippen LogP contribution in [0.5, 0.6) is 0 Å². The van der Waals surface area contributed by atoms with Crippen LogP contribution in [0.15, 0.2) is 24.4 Å². The highest BCUT2D eigenvalue weighted by atomic mass is 35.5. The molecule has 1 N–H and O–H groups in total. The molecule has 1 aliphatic carbocycles. The molecule has 4 rings (SSSR count). The lowest BCUT2D eigenvalue weighted by Crippen LogP contribution is -2.47. The van der Waals surface area contributed by atoms with E-state index in [0.717, 1.165) is 40.8 Å². The van der Waals surface area contributed by atoms with Crippen LogP contribution in [-0.4, -0.2) is 33.7 Å². The highest BCUT2D eigenvalue weighted by Gasteiger charge is 2.38. The topological polar surface area (TPSA) is 54.5 Å². The maximum atomic E-state index is 6.46. The molecule has 1 aromatic heterocycles. The first-order valence-corrected chi connectivity index (χ1v) is 9.72. The van der Waals surface area contributed by atoms with Crippen LogP contribution in [0.2, 0.25) is 5.02 Å². The molecule has 1 atom stereocenters. The maximum Gasteiger partial charge on any atom is 0.180 e. The van der Waals surface area contributed by atoms with Gasteiger partial charge in [0.2, 0.25) is 0 Å². The van der Waals surface area contributed by atoms with Crippen molar-refractivity contribution in [2.24, 2.45) is 5.92 Å². The quantitative estimate of drug-likeness (QED) is 0.638. The van der Waals surface area contributed by atoms with Crippen molar-refractivity contribution in [3.8, 4) is 0 Å². The number of rotatable bonds is 5. The third-order valence-corrected chi connectivity index (χ3v) is 6.05. The molecule has 1 unspecified atom stereocenters. The fourth-order valence-corrected chi connectivity index (χ4v) is 4.65. The Morgan fingerprint density at radius 3 is 2.76 bits per heavy atom. The van der Waals surface area contributed by atoms with Crippen LogP contribution < -0.4 is 4.48 Å². The van der Waals surface area contributed by atoms with Gasteiger partial charge in [0.05, 0.1) is 30.1 Å². The van der Waals surface area contributed by atoms with Crippen LogP contribution in [0.3, 0.4) is 0 Å². The normalized spacial score (nSPS) is 23.6. The smallest absolute Gasteiger partial charge is 0.180 e. The van der Waals surface area contributed by atoms with E-state index in [2.05, 4.69) is 45.0 Å². The Labute approximate surface area is 153 Å². The Balaban J connectivity index is 1.62. The molecular formula is C19H25ClN5+. The van der Waals surface area contributed by atoms with Crippen molar-refractivity contribution in [1.29, 1.82) is 0 Å². The molecule has 1 saturated carbocycles. The fraction of sp³-hybridized carbons (Fsp3) is 0.526. The van der Waals surface area contributed by atoms with Crippen LogP contribution in [0.4, 0.5) is 5.69 Å². The summed E-state index contributed by atoms with van der Waals surface area (Å²) in [6.45, 7) is 2.08. The fourth-order valence-electron chi connectivity index (χ4n) is 4.42. The first-order valence-electron chi connectivity index (χ1n) is 9.34. The summed E-state index contributed by atoms with van der Waals surface area (Å²) in [5, 5.41) is 15.4. The highest BCUT2D eigenvalue weighted by Crippen LogP contribution is 2.41. The molecule has 0 bridgehead atoms. The number of hydrogen-bond donors (Lipinski definition) is 1. The van der Waals surface area contributed by atoms with Gasteiger partial charge in [-0.15, -0.1) is 10.2 Å². The number of fused-ring (bicyclic) bond motifs is 1. The third-order valence-electron chi connectivity index (χ3n) is 5.72. The van der Waals surface area contributed by atoms with Crippen molar-refractivity contribution in [1.82, 2.24) is 25.1 Å². The van der Waals surface area contributed by atoms with Crippen molar-refractivity contribution >= 4 is 23.4 Å². The summed E-state index contributed by atoms with van der Waals surface area (Å²) in [5.74, 6) is 1.55. The number of nitrogens with zero attached hydrogens (tertiary/aromatic N) is 4. The largest absolute Gasteiger partial charge is 0.264 e. The zero-order valence-electron chi connectivity index (χ0n) is 14.5. The molecule has 0 radical (unpaired) electrons. The molecule has 1 aromatic carbocycles. The number of benzene rings is 1. The van der Waals surface area contributed by atoms with Gasteiger partial charge in [-0.1, -0.05) is 48.6 Å². The van der Waals surface area contributed by atoms with Crippen LogP contribution in [0.1, 0.15) is 49.9 Å². The summed E-state index contributed by atoms with van der Waals surface area (Å²) in [5.41, 5.74) is 2.49. The predicted molar refractivity (Wildman–Crippen MR) is 101 cm³/mol. The van der Waals surface area contributed by atoms with Gasteiger partial charge in [0.15, 0.2) is 5.82 Å². The van der Waals surface area contributed by atoms with E-state index in [-0.39, 0.29) is 0 Å². The van der Waals surface area contributed by atoms with E-state index in [0.29, 0.717) is 0 Å². The Kier molecular flexibility index (Phi) is 4.86. The minimum Gasteiger partial charge on any atom is -0.264 e. The van der Waals surface area contributed by atoms with Crippen molar-refractivity contribution in [2.75, 3.05) is 13.1 Å². The van der Waals surface area contributed by atoms with Crippen molar-refractivity contribution in [3.05, 3.63) is 40.8 Å². The molecule has 132 valence electrons. The number of hydrogen-bond acceptors (Lipinski definition) is 3. The Morgan fingerprint density at radius 2 is 2.00 bits per heavy atom. The van der Waals surface area contributed by atoms with E-state index >= 15 is 0 Å². The molecule has 2 aromatic rings. The number of tetrazole rings is 1. The van der Waals surface area contributed by atoms with Crippen molar-refractivity contribution in [3.63, 3.8) is 0 Å². The summed E-state index contributed by atoms with van der Waals surface area (Å²) < 4.78 is 0.856. The van der Waals surface area contributed by atoms with E-state index in [9.17, 15) is 0 Å². The summed E-state index contributed by atoms with van der Waals surface area (Å²) in [6, 6.07) is 6.28. The Morgan fingerprint density at radius 1 is 1.16 bits per heavy atom. The summed E-state index contributed by atoms with van der Waals surface area (Å²) >= 11 is 6.46. The SMILES string of the molecule is Clc1cccc2c1C=C[N+]2(CCc1nn[nH]n1)CC1CCCCCC1. The minimum absolute atomic E-state index is 0.766. The van der Waals surface area contributed by atoms with Crippen molar-refractivity contribution < 1.29 is 0 Å². The second-order valence-corrected chi connectivity index (χ2v) is 7.77. The minimum atomic E-state index is 0.766. The number of halogens is 1. The first kappa shape index (κ1) is 16.7. The molecule has 5 nitrogen and oxygen atoms in total. The monoisotopic (exact) mass is 358 g/mol. The predicted octanol–water partition coefficient (Wildman–Crippen LogP) is 4.36. The van der Waals surface area contributed by atoms with Gasteiger partial charge in [-0.3, -0.25) is 4.48 Å². The van der Waals surface area contributed by atoms with Crippen LogP contribution in [0.25, 0.3) is 6.08 Å². The highest BCUT2D eigenvalue weighted by molar-refractivity contribution is 6.32. The first-order chi connectivity index (χ1) is 12.3. The molecule has 6 heteroatoms. The van der Waals surface area contributed by atoms with Gasteiger partial charge in [0, 0.05) is 18.1 Å². The molecule has 25 heavy (non-hydrogen) atoms. The van der Waals surface area contributed by atoms with Gasteiger partial charge >= 0.3 is 0 Å². The molecule has 0 amide bonds. The second-order valence-electron chi connectivity index (χ2n) is 7.36. The molecule has 2 heterocycles. The third kappa shape index (κ3) is 3.48. The van der Waals surface area contributed by atoms with Gasteiger partial charge in [-0.2, -0.15) is 5.21 Å². The van der Waals surface area contributed by atoms with Crippen LogP contribution >= 0.6 is 11.6 Å². The number of aromatic amines is 1. The van der Waals surface area contributed by atoms with Gasteiger partial charge in [0.1, 0.15) is 11.9 Å². The van der Waals surface area contributed by atoms with E-state index in [1.165, 1.54) is 49.8 Å². The van der Waals surface area contributed by atoms with E-state index in [4.69, 9.17) is 11.6 Å². The summed E-state index contributed by atoms with van der Waals surface area (Å²) in [6.07, 6.45) is 13.5. The van der Waals surface area contributed by atoms with E-state index < -0.39 is 0 Å². The molecule has 0 spiro atoms. The average molecular weight is 359 g/mol. The maximum absolute atomic E-state index is 6.46. The van der Waals surface area contributed by atoms with Gasteiger partial charge in [-0.05, 0) is 18.9 Å². The summed E-state index contributed by atoms with van der Waals surface area (Å²) in [7, 11) is 0.